The van der Waals surface area contributed by atoms with Gasteiger partial charge in [0.1, 0.15) is 0 Å². The minimum Gasteiger partial charge on any atom is -0.397 e. The van der Waals surface area contributed by atoms with Crippen LogP contribution < -0.4 is 16.0 Å². The van der Waals surface area contributed by atoms with Gasteiger partial charge >= 0.3 is 0 Å². The van der Waals surface area contributed by atoms with Crippen LogP contribution in [-0.2, 0) is 0 Å². The van der Waals surface area contributed by atoms with Gasteiger partial charge in [-0.15, -0.1) is 0 Å². The zero-order chi connectivity index (χ0) is 14.4. The van der Waals surface area contributed by atoms with E-state index in [4.69, 9.17) is 5.73 Å². The number of hydrogen-bond donors (Lipinski definition) is 2. The predicted molar refractivity (Wildman–Crippen MR) is 81.6 cm³/mol. The molecular formula is C15H25N3O. The summed E-state index contributed by atoms with van der Waals surface area (Å²) in [5.74, 6) is -0.0765. The van der Waals surface area contributed by atoms with Crippen LogP contribution >= 0.6 is 0 Å². The molecule has 19 heavy (non-hydrogen) atoms. The number of benzene rings is 1. The van der Waals surface area contributed by atoms with Crippen molar-refractivity contribution in [2.24, 2.45) is 0 Å². The Morgan fingerprint density at radius 2 is 2.05 bits per heavy atom. The summed E-state index contributed by atoms with van der Waals surface area (Å²) in [6.45, 7) is 9.92. The Morgan fingerprint density at radius 1 is 1.37 bits per heavy atom. The molecule has 0 aliphatic carbocycles. The van der Waals surface area contributed by atoms with Crippen molar-refractivity contribution >= 4 is 17.3 Å². The third-order valence-electron chi connectivity index (χ3n) is 3.02. The first-order valence-corrected chi connectivity index (χ1v) is 6.95. The minimum absolute atomic E-state index is 0.0765. The van der Waals surface area contributed by atoms with Crippen LogP contribution in [0, 0.1) is 0 Å². The molecule has 0 saturated carbocycles. The maximum Gasteiger partial charge on any atom is 0.251 e. The number of hydrogen-bond acceptors (Lipinski definition) is 3. The van der Waals surface area contributed by atoms with E-state index in [9.17, 15) is 4.79 Å². The van der Waals surface area contributed by atoms with Crippen LogP contribution in [0.5, 0.6) is 0 Å². The summed E-state index contributed by atoms with van der Waals surface area (Å²) in [6, 6.07) is 5.92. The van der Waals surface area contributed by atoms with Gasteiger partial charge in [-0.25, -0.2) is 0 Å². The van der Waals surface area contributed by atoms with Crippen molar-refractivity contribution in [3.63, 3.8) is 0 Å². The number of rotatable bonds is 6. The van der Waals surface area contributed by atoms with E-state index in [0.29, 0.717) is 23.8 Å². The second-order valence-corrected chi connectivity index (χ2v) is 4.92. The Balaban J connectivity index is 3.01. The van der Waals surface area contributed by atoms with Gasteiger partial charge in [0.25, 0.3) is 5.91 Å². The number of carbonyl (C=O) groups is 1. The van der Waals surface area contributed by atoms with E-state index in [1.165, 1.54) is 0 Å². The molecule has 1 aromatic rings. The molecule has 106 valence electrons. The van der Waals surface area contributed by atoms with Gasteiger partial charge in [0.2, 0.25) is 0 Å². The third kappa shape index (κ3) is 3.88. The van der Waals surface area contributed by atoms with Gasteiger partial charge in [0.15, 0.2) is 0 Å². The monoisotopic (exact) mass is 263 g/mol. The highest BCUT2D eigenvalue weighted by molar-refractivity contribution is 5.96. The molecule has 3 N–H and O–H groups in total. The lowest BCUT2D eigenvalue weighted by Crippen LogP contribution is -2.32. The summed E-state index contributed by atoms with van der Waals surface area (Å²) in [5.41, 5.74) is 8.38. The van der Waals surface area contributed by atoms with Gasteiger partial charge in [-0.3, -0.25) is 4.79 Å². The van der Waals surface area contributed by atoms with Crippen LogP contribution in [0.15, 0.2) is 18.2 Å². The standard InChI is InChI=1S/C15H25N3O/c1-5-9-18(11(3)4)14-8-7-12(10-13(14)16)15(19)17-6-2/h7-8,10-11H,5-6,9,16H2,1-4H3,(H,17,19). The molecule has 0 unspecified atom stereocenters. The maximum absolute atomic E-state index is 11.8. The van der Waals surface area contributed by atoms with Crippen molar-refractivity contribution in [3.8, 4) is 0 Å². The molecule has 1 rings (SSSR count). The SMILES string of the molecule is CCCN(c1ccc(C(=O)NCC)cc1N)C(C)C. The zero-order valence-electron chi connectivity index (χ0n) is 12.4. The van der Waals surface area contributed by atoms with Crippen molar-refractivity contribution < 1.29 is 4.79 Å². The van der Waals surface area contributed by atoms with E-state index in [0.717, 1.165) is 18.7 Å². The molecule has 4 heteroatoms. The number of carbonyl (C=O) groups excluding carboxylic acids is 1. The van der Waals surface area contributed by atoms with Gasteiger partial charge in [-0.2, -0.15) is 0 Å². The fourth-order valence-electron chi connectivity index (χ4n) is 2.12. The highest BCUT2D eigenvalue weighted by Gasteiger charge is 2.14. The summed E-state index contributed by atoms with van der Waals surface area (Å²) in [4.78, 5) is 14.0. The molecule has 0 aromatic heterocycles. The van der Waals surface area contributed by atoms with Crippen LogP contribution in [0.3, 0.4) is 0 Å². The molecule has 4 nitrogen and oxygen atoms in total. The van der Waals surface area contributed by atoms with Gasteiger partial charge < -0.3 is 16.0 Å². The Kier molecular flexibility index (Phi) is 5.67. The average molecular weight is 263 g/mol. The third-order valence-corrected chi connectivity index (χ3v) is 3.02. The number of nitrogen functional groups attached to an aromatic ring is 1. The van der Waals surface area contributed by atoms with Gasteiger partial charge in [-0.05, 0) is 45.4 Å². The summed E-state index contributed by atoms with van der Waals surface area (Å²) < 4.78 is 0. The van der Waals surface area contributed by atoms with E-state index in [1.54, 1.807) is 6.07 Å². The number of anilines is 2. The first kappa shape index (κ1) is 15.3. The van der Waals surface area contributed by atoms with Crippen molar-refractivity contribution in [2.45, 2.75) is 40.2 Å². The van der Waals surface area contributed by atoms with Crippen LogP contribution in [0.4, 0.5) is 11.4 Å². The number of nitrogens with two attached hydrogens (primary N) is 1. The molecule has 0 saturated heterocycles. The van der Waals surface area contributed by atoms with Crippen molar-refractivity contribution in [3.05, 3.63) is 23.8 Å². The average Bonchev–Trinajstić information content (AvgIpc) is 2.36. The zero-order valence-corrected chi connectivity index (χ0v) is 12.4. The molecule has 0 atom stereocenters. The quantitative estimate of drug-likeness (QED) is 0.776. The minimum atomic E-state index is -0.0765. The first-order chi connectivity index (χ1) is 9.01. The molecule has 0 aliphatic heterocycles. The first-order valence-electron chi connectivity index (χ1n) is 6.95. The van der Waals surface area contributed by atoms with E-state index in [-0.39, 0.29) is 5.91 Å². The van der Waals surface area contributed by atoms with E-state index in [1.807, 2.05) is 19.1 Å². The highest BCUT2D eigenvalue weighted by atomic mass is 16.1. The molecule has 1 aromatic carbocycles. The van der Waals surface area contributed by atoms with Gasteiger partial charge in [-0.1, -0.05) is 6.92 Å². The molecule has 0 bridgehead atoms. The Labute approximate surface area is 116 Å². The van der Waals surface area contributed by atoms with Crippen molar-refractivity contribution in [2.75, 3.05) is 23.7 Å². The normalized spacial score (nSPS) is 10.6. The highest BCUT2D eigenvalue weighted by Crippen LogP contribution is 2.26. The van der Waals surface area contributed by atoms with E-state index < -0.39 is 0 Å². The second-order valence-electron chi connectivity index (χ2n) is 4.92. The molecule has 0 heterocycles. The van der Waals surface area contributed by atoms with Crippen LogP contribution in [0.2, 0.25) is 0 Å². The Bertz CT molecular complexity index is 429. The maximum atomic E-state index is 11.8. The van der Waals surface area contributed by atoms with Crippen LogP contribution in [-0.4, -0.2) is 25.0 Å². The topological polar surface area (TPSA) is 58.4 Å². The summed E-state index contributed by atoms with van der Waals surface area (Å²) in [6.07, 6.45) is 1.07. The summed E-state index contributed by atoms with van der Waals surface area (Å²) >= 11 is 0. The molecule has 0 fully saturated rings. The Hall–Kier alpha value is -1.71. The van der Waals surface area contributed by atoms with Crippen molar-refractivity contribution in [1.29, 1.82) is 0 Å². The summed E-state index contributed by atoms with van der Waals surface area (Å²) in [5, 5.41) is 2.78. The van der Waals surface area contributed by atoms with Gasteiger partial charge in [0.05, 0.1) is 11.4 Å². The second kappa shape index (κ2) is 7.02. The van der Waals surface area contributed by atoms with Crippen LogP contribution in [0.1, 0.15) is 44.5 Å². The van der Waals surface area contributed by atoms with Crippen LogP contribution in [0.25, 0.3) is 0 Å². The lowest BCUT2D eigenvalue weighted by Gasteiger charge is -2.30. The number of amides is 1. The predicted octanol–water partition coefficient (Wildman–Crippen LogP) is 2.64. The largest absolute Gasteiger partial charge is 0.397 e. The van der Waals surface area contributed by atoms with E-state index >= 15 is 0 Å². The smallest absolute Gasteiger partial charge is 0.251 e. The van der Waals surface area contributed by atoms with Gasteiger partial charge in [0, 0.05) is 24.7 Å². The van der Waals surface area contributed by atoms with E-state index in [2.05, 4.69) is 31.0 Å². The number of nitrogens with zero attached hydrogens (tertiary/aromatic N) is 1. The fourth-order valence-corrected chi connectivity index (χ4v) is 2.12. The molecular weight excluding hydrogens is 238 g/mol. The van der Waals surface area contributed by atoms with Crippen molar-refractivity contribution in [1.82, 2.24) is 5.32 Å². The molecule has 0 aliphatic rings. The number of nitrogens with one attached hydrogen (secondary N) is 1. The lowest BCUT2D eigenvalue weighted by molar-refractivity contribution is 0.0956. The molecule has 1 amide bonds. The Morgan fingerprint density at radius 3 is 2.53 bits per heavy atom. The fraction of sp³-hybridized carbons (Fsp3) is 0.533. The molecule has 0 radical (unpaired) electrons. The molecule has 0 spiro atoms. The lowest BCUT2D eigenvalue weighted by atomic mass is 10.1. The summed E-state index contributed by atoms with van der Waals surface area (Å²) in [7, 11) is 0.